The van der Waals surface area contributed by atoms with Gasteiger partial charge in [0, 0.05) is 5.56 Å². The largest absolute Gasteiger partial charge is 0.507 e. The van der Waals surface area contributed by atoms with E-state index in [2.05, 4.69) is 0 Å². The molecule has 2 aromatic carbocycles. The van der Waals surface area contributed by atoms with Crippen LogP contribution in [0.1, 0.15) is 47.1 Å². The number of phenolic OH excluding ortho intramolecular Hbond substituents is 1. The summed E-state index contributed by atoms with van der Waals surface area (Å²) in [6, 6.07) is 9.85. The number of benzene rings is 2. The number of aromatic hydroxyl groups is 1. The van der Waals surface area contributed by atoms with Gasteiger partial charge in [0.2, 0.25) is 0 Å². The molecule has 0 aliphatic heterocycles. The fourth-order valence-electron chi connectivity index (χ4n) is 2.29. The summed E-state index contributed by atoms with van der Waals surface area (Å²) in [6.07, 6.45) is 0.625. The molecule has 4 heteroatoms. The highest BCUT2D eigenvalue weighted by Gasteiger charge is 2.21. The molecule has 22 heavy (non-hydrogen) atoms. The number of phenols is 1. The zero-order valence-electron chi connectivity index (χ0n) is 12.8. The summed E-state index contributed by atoms with van der Waals surface area (Å²) in [5.74, 6) is -0.991. The standard InChI is InChI=1S/C18H18O4/c1-18(2,3)15-9-13(8-14(10-19)16(15)20)11-4-6-12(7-5-11)17(21)22/h4-10,20H,1-3H3,(H,21,22). The van der Waals surface area contributed by atoms with Crippen LogP contribution >= 0.6 is 0 Å². The minimum atomic E-state index is -0.985. The van der Waals surface area contributed by atoms with E-state index in [0.29, 0.717) is 11.8 Å². The van der Waals surface area contributed by atoms with Gasteiger partial charge in [0.25, 0.3) is 0 Å². The van der Waals surface area contributed by atoms with E-state index in [0.717, 1.165) is 11.1 Å². The molecule has 0 bridgehead atoms. The Morgan fingerprint density at radius 1 is 1.05 bits per heavy atom. The van der Waals surface area contributed by atoms with Crippen LogP contribution in [0.25, 0.3) is 11.1 Å². The van der Waals surface area contributed by atoms with Crippen LogP contribution in [0.3, 0.4) is 0 Å². The molecule has 0 saturated heterocycles. The summed E-state index contributed by atoms with van der Waals surface area (Å²) >= 11 is 0. The molecule has 2 rings (SSSR count). The molecule has 2 N–H and O–H groups in total. The summed E-state index contributed by atoms with van der Waals surface area (Å²) in [7, 11) is 0. The Labute approximate surface area is 129 Å². The van der Waals surface area contributed by atoms with Crippen molar-refractivity contribution in [3.63, 3.8) is 0 Å². The Hall–Kier alpha value is -2.62. The summed E-state index contributed by atoms with van der Waals surface area (Å²) < 4.78 is 0. The zero-order valence-corrected chi connectivity index (χ0v) is 12.8. The number of aldehydes is 1. The van der Waals surface area contributed by atoms with E-state index in [1.807, 2.05) is 26.8 Å². The van der Waals surface area contributed by atoms with Crippen molar-refractivity contribution < 1.29 is 19.8 Å². The molecule has 0 aromatic heterocycles. The topological polar surface area (TPSA) is 74.6 Å². The monoisotopic (exact) mass is 298 g/mol. The first-order chi connectivity index (χ1) is 10.2. The molecule has 0 aliphatic carbocycles. The first-order valence-corrected chi connectivity index (χ1v) is 6.90. The van der Waals surface area contributed by atoms with E-state index in [1.165, 1.54) is 12.1 Å². The molecule has 2 aromatic rings. The predicted octanol–water partition coefficient (Wildman–Crippen LogP) is 3.87. The van der Waals surface area contributed by atoms with E-state index < -0.39 is 5.97 Å². The number of hydrogen-bond acceptors (Lipinski definition) is 3. The summed E-state index contributed by atoms with van der Waals surface area (Å²) in [5, 5.41) is 19.1. The Bertz CT molecular complexity index is 722. The van der Waals surface area contributed by atoms with Crippen LogP contribution in [-0.4, -0.2) is 22.5 Å². The van der Waals surface area contributed by atoms with Crippen LogP contribution in [0, 0.1) is 0 Å². The smallest absolute Gasteiger partial charge is 0.335 e. The van der Waals surface area contributed by atoms with E-state index >= 15 is 0 Å². The molecule has 114 valence electrons. The molecule has 0 unspecified atom stereocenters. The van der Waals surface area contributed by atoms with Gasteiger partial charge in [-0.25, -0.2) is 4.79 Å². The van der Waals surface area contributed by atoms with Crippen LogP contribution in [0.15, 0.2) is 36.4 Å². The molecule has 0 radical (unpaired) electrons. The van der Waals surface area contributed by atoms with Gasteiger partial charge in [0.1, 0.15) is 5.75 Å². The maximum atomic E-state index is 11.2. The van der Waals surface area contributed by atoms with Crippen molar-refractivity contribution >= 4 is 12.3 Å². The molecule has 0 fully saturated rings. The van der Waals surface area contributed by atoms with Crippen molar-refractivity contribution in [2.24, 2.45) is 0 Å². The lowest BCUT2D eigenvalue weighted by Crippen LogP contribution is -2.12. The third-order valence-corrected chi connectivity index (χ3v) is 3.54. The average molecular weight is 298 g/mol. The van der Waals surface area contributed by atoms with Crippen molar-refractivity contribution in [1.82, 2.24) is 0 Å². The van der Waals surface area contributed by atoms with E-state index in [4.69, 9.17) is 5.11 Å². The summed E-state index contributed by atoms with van der Waals surface area (Å²) in [6.45, 7) is 5.86. The quantitative estimate of drug-likeness (QED) is 0.844. The lowest BCUT2D eigenvalue weighted by atomic mass is 9.83. The van der Waals surface area contributed by atoms with Gasteiger partial charge in [0.15, 0.2) is 6.29 Å². The summed E-state index contributed by atoms with van der Waals surface area (Å²) in [4.78, 5) is 22.1. The van der Waals surface area contributed by atoms with Crippen LogP contribution in [0.5, 0.6) is 5.75 Å². The van der Waals surface area contributed by atoms with Crippen LogP contribution in [-0.2, 0) is 5.41 Å². The maximum Gasteiger partial charge on any atom is 0.335 e. The second kappa shape index (κ2) is 5.64. The second-order valence-electron chi connectivity index (χ2n) is 6.21. The fourth-order valence-corrected chi connectivity index (χ4v) is 2.29. The first kappa shape index (κ1) is 15.8. The number of rotatable bonds is 3. The van der Waals surface area contributed by atoms with E-state index in [-0.39, 0.29) is 22.3 Å². The molecule has 0 saturated carbocycles. The zero-order chi connectivity index (χ0) is 16.5. The van der Waals surface area contributed by atoms with Gasteiger partial charge in [-0.1, -0.05) is 32.9 Å². The highest BCUT2D eigenvalue weighted by Crippen LogP contribution is 2.36. The molecular formula is C18H18O4. The third-order valence-electron chi connectivity index (χ3n) is 3.54. The number of carboxylic acids is 1. The molecule has 0 spiro atoms. The molecular weight excluding hydrogens is 280 g/mol. The van der Waals surface area contributed by atoms with Crippen molar-refractivity contribution in [3.8, 4) is 16.9 Å². The average Bonchev–Trinajstić information content (AvgIpc) is 2.46. The van der Waals surface area contributed by atoms with Crippen molar-refractivity contribution in [3.05, 3.63) is 53.1 Å². The second-order valence-corrected chi connectivity index (χ2v) is 6.21. The van der Waals surface area contributed by atoms with Gasteiger partial charge in [-0.2, -0.15) is 0 Å². The number of carboxylic acid groups (broad SMARTS) is 1. The van der Waals surface area contributed by atoms with Gasteiger partial charge < -0.3 is 10.2 Å². The summed E-state index contributed by atoms with van der Waals surface area (Å²) in [5.41, 5.74) is 2.34. The lowest BCUT2D eigenvalue weighted by molar-refractivity contribution is 0.0696. The molecule has 0 aliphatic rings. The SMILES string of the molecule is CC(C)(C)c1cc(-c2ccc(C(=O)O)cc2)cc(C=O)c1O. The van der Waals surface area contributed by atoms with Crippen LogP contribution < -0.4 is 0 Å². The van der Waals surface area contributed by atoms with Crippen molar-refractivity contribution in [1.29, 1.82) is 0 Å². The predicted molar refractivity (Wildman–Crippen MR) is 84.6 cm³/mol. The number of aromatic carboxylic acids is 1. The molecule has 4 nitrogen and oxygen atoms in total. The van der Waals surface area contributed by atoms with Crippen molar-refractivity contribution in [2.75, 3.05) is 0 Å². The third kappa shape index (κ3) is 3.01. The Morgan fingerprint density at radius 3 is 2.09 bits per heavy atom. The number of hydrogen-bond donors (Lipinski definition) is 2. The van der Waals surface area contributed by atoms with Gasteiger partial charge >= 0.3 is 5.97 Å². The highest BCUT2D eigenvalue weighted by molar-refractivity contribution is 5.89. The molecule has 0 amide bonds. The maximum absolute atomic E-state index is 11.2. The molecule has 0 atom stereocenters. The minimum absolute atomic E-state index is 0.00611. The van der Waals surface area contributed by atoms with Crippen LogP contribution in [0.4, 0.5) is 0 Å². The number of carbonyl (C=O) groups is 2. The number of carbonyl (C=O) groups excluding carboxylic acids is 1. The Kier molecular flexibility index (Phi) is 4.04. The minimum Gasteiger partial charge on any atom is -0.507 e. The van der Waals surface area contributed by atoms with Gasteiger partial charge in [-0.05, 0) is 40.8 Å². The molecule has 0 heterocycles. The normalized spacial score (nSPS) is 11.2. The van der Waals surface area contributed by atoms with Crippen molar-refractivity contribution in [2.45, 2.75) is 26.2 Å². The Balaban J connectivity index is 2.60. The lowest BCUT2D eigenvalue weighted by Gasteiger charge is -2.22. The first-order valence-electron chi connectivity index (χ1n) is 6.90. The van der Waals surface area contributed by atoms with Crippen LogP contribution in [0.2, 0.25) is 0 Å². The highest BCUT2D eigenvalue weighted by atomic mass is 16.4. The Morgan fingerprint density at radius 2 is 1.64 bits per heavy atom. The fraction of sp³-hybridized carbons (Fsp3) is 0.222. The van der Waals surface area contributed by atoms with Gasteiger partial charge in [-0.15, -0.1) is 0 Å². The van der Waals surface area contributed by atoms with Gasteiger partial charge in [-0.3, -0.25) is 4.79 Å². The van der Waals surface area contributed by atoms with E-state index in [9.17, 15) is 14.7 Å². The van der Waals surface area contributed by atoms with Gasteiger partial charge in [0.05, 0.1) is 11.1 Å². The van der Waals surface area contributed by atoms with E-state index in [1.54, 1.807) is 18.2 Å².